The summed E-state index contributed by atoms with van der Waals surface area (Å²) in [5.74, 6) is 0. The second kappa shape index (κ2) is 7.84. The fraction of sp³-hybridized carbons (Fsp3) is 0.368. The lowest BCUT2D eigenvalue weighted by atomic mass is 10.1. The zero-order chi connectivity index (χ0) is 15.1. The van der Waals surface area contributed by atoms with E-state index >= 15 is 0 Å². The zero-order valence-electron chi connectivity index (χ0n) is 13.4. The first kappa shape index (κ1) is 15.6. The van der Waals surface area contributed by atoms with Crippen molar-refractivity contribution < 1.29 is 0 Å². The van der Waals surface area contributed by atoms with E-state index in [-0.39, 0.29) is 0 Å². The summed E-state index contributed by atoms with van der Waals surface area (Å²) in [6.07, 6.45) is 0. The molecular formula is C19H26N2. The molecule has 2 nitrogen and oxygen atoms in total. The smallest absolute Gasteiger partial charge is 0.0429 e. The van der Waals surface area contributed by atoms with Gasteiger partial charge >= 0.3 is 0 Å². The highest BCUT2D eigenvalue weighted by Gasteiger charge is 2.07. The van der Waals surface area contributed by atoms with Gasteiger partial charge in [0.25, 0.3) is 0 Å². The molecule has 0 fully saturated rings. The number of para-hydroxylation sites is 1. The summed E-state index contributed by atoms with van der Waals surface area (Å²) in [5, 5.41) is 3.36. The quantitative estimate of drug-likeness (QED) is 0.821. The van der Waals surface area contributed by atoms with Crippen molar-refractivity contribution in [3.05, 3.63) is 65.2 Å². The van der Waals surface area contributed by atoms with Crippen LogP contribution >= 0.6 is 0 Å². The van der Waals surface area contributed by atoms with Crippen LogP contribution in [0.25, 0.3) is 0 Å². The summed E-state index contributed by atoms with van der Waals surface area (Å²) in [4.78, 5) is 2.43. The van der Waals surface area contributed by atoms with Crippen molar-refractivity contribution in [2.24, 2.45) is 0 Å². The Morgan fingerprint density at radius 1 is 0.905 bits per heavy atom. The predicted molar refractivity (Wildman–Crippen MR) is 91.7 cm³/mol. The Kier molecular flexibility index (Phi) is 5.82. The van der Waals surface area contributed by atoms with Crippen LogP contribution in [0.5, 0.6) is 0 Å². The van der Waals surface area contributed by atoms with E-state index in [2.05, 4.69) is 79.5 Å². The van der Waals surface area contributed by atoms with E-state index in [0.717, 1.165) is 26.2 Å². The van der Waals surface area contributed by atoms with Crippen molar-refractivity contribution in [3.63, 3.8) is 0 Å². The van der Waals surface area contributed by atoms with Gasteiger partial charge in [0.05, 0.1) is 0 Å². The lowest BCUT2D eigenvalue weighted by Gasteiger charge is -2.25. The Labute approximate surface area is 128 Å². The average Bonchev–Trinajstić information content (AvgIpc) is 2.52. The van der Waals surface area contributed by atoms with Crippen molar-refractivity contribution in [3.8, 4) is 0 Å². The molecule has 0 aliphatic carbocycles. The van der Waals surface area contributed by atoms with Gasteiger partial charge < -0.3 is 10.2 Å². The highest BCUT2D eigenvalue weighted by Crippen LogP contribution is 2.21. The second-order valence-corrected chi connectivity index (χ2v) is 5.40. The van der Waals surface area contributed by atoms with Crippen LogP contribution in [-0.4, -0.2) is 13.1 Å². The van der Waals surface area contributed by atoms with Gasteiger partial charge in [0.1, 0.15) is 0 Å². The van der Waals surface area contributed by atoms with Crippen LogP contribution in [0.15, 0.2) is 48.5 Å². The van der Waals surface area contributed by atoms with Gasteiger partial charge in [0, 0.05) is 25.3 Å². The van der Waals surface area contributed by atoms with Crippen molar-refractivity contribution >= 4 is 5.69 Å². The molecule has 2 aromatic carbocycles. The molecule has 0 amide bonds. The van der Waals surface area contributed by atoms with Crippen LogP contribution < -0.4 is 10.2 Å². The SMILES string of the molecule is CCNCc1ccc(CN(CC)c2ccccc2C)cc1. The van der Waals surface area contributed by atoms with Gasteiger partial charge in [-0.2, -0.15) is 0 Å². The third-order valence-corrected chi connectivity index (χ3v) is 3.81. The van der Waals surface area contributed by atoms with Crippen molar-refractivity contribution in [1.82, 2.24) is 5.32 Å². The van der Waals surface area contributed by atoms with E-state index < -0.39 is 0 Å². The Morgan fingerprint density at radius 2 is 1.57 bits per heavy atom. The molecule has 112 valence electrons. The molecule has 2 rings (SSSR count). The predicted octanol–water partition coefficient (Wildman–Crippen LogP) is 4.13. The molecule has 0 spiro atoms. The van der Waals surface area contributed by atoms with Gasteiger partial charge in [-0.3, -0.25) is 0 Å². The van der Waals surface area contributed by atoms with Gasteiger partial charge in [0.2, 0.25) is 0 Å². The summed E-state index contributed by atoms with van der Waals surface area (Å²) in [5.41, 5.74) is 5.37. The fourth-order valence-electron chi connectivity index (χ4n) is 2.54. The van der Waals surface area contributed by atoms with Crippen LogP contribution in [0.1, 0.15) is 30.5 Å². The monoisotopic (exact) mass is 282 g/mol. The molecule has 0 saturated heterocycles. The van der Waals surface area contributed by atoms with Crippen molar-refractivity contribution in [2.75, 3.05) is 18.0 Å². The summed E-state index contributed by atoms with van der Waals surface area (Å²) in [6.45, 7) is 10.5. The van der Waals surface area contributed by atoms with Gasteiger partial charge in [-0.05, 0) is 43.1 Å². The Balaban J connectivity index is 2.07. The van der Waals surface area contributed by atoms with Gasteiger partial charge in [-0.1, -0.05) is 49.4 Å². The Morgan fingerprint density at radius 3 is 2.19 bits per heavy atom. The maximum absolute atomic E-state index is 3.36. The summed E-state index contributed by atoms with van der Waals surface area (Å²) in [7, 11) is 0. The van der Waals surface area contributed by atoms with E-state index in [4.69, 9.17) is 0 Å². The maximum Gasteiger partial charge on any atom is 0.0429 e. The molecule has 0 radical (unpaired) electrons. The zero-order valence-corrected chi connectivity index (χ0v) is 13.4. The highest BCUT2D eigenvalue weighted by molar-refractivity contribution is 5.53. The molecule has 2 aromatic rings. The molecule has 0 unspecified atom stereocenters. The first-order valence-corrected chi connectivity index (χ1v) is 7.83. The third-order valence-electron chi connectivity index (χ3n) is 3.81. The molecule has 2 heteroatoms. The van der Waals surface area contributed by atoms with Crippen molar-refractivity contribution in [1.29, 1.82) is 0 Å². The minimum atomic E-state index is 0.950. The molecule has 0 atom stereocenters. The summed E-state index contributed by atoms with van der Waals surface area (Å²) >= 11 is 0. The third kappa shape index (κ3) is 4.33. The molecular weight excluding hydrogens is 256 g/mol. The molecule has 0 saturated carbocycles. The number of nitrogens with one attached hydrogen (secondary N) is 1. The van der Waals surface area contributed by atoms with Gasteiger partial charge in [-0.15, -0.1) is 0 Å². The number of rotatable bonds is 7. The summed E-state index contributed by atoms with van der Waals surface area (Å²) < 4.78 is 0. The fourth-order valence-corrected chi connectivity index (χ4v) is 2.54. The number of hydrogen-bond acceptors (Lipinski definition) is 2. The first-order valence-electron chi connectivity index (χ1n) is 7.83. The van der Waals surface area contributed by atoms with Crippen LogP contribution in [0.3, 0.4) is 0 Å². The van der Waals surface area contributed by atoms with E-state index in [9.17, 15) is 0 Å². The molecule has 1 N–H and O–H groups in total. The Bertz CT molecular complexity index is 546. The standard InChI is InChI=1S/C19H26N2/c1-4-20-14-17-10-12-18(13-11-17)15-21(5-2)19-9-7-6-8-16(19)3/h6-13,20H,4-5,14-15H2,1-3H3. The van der Waals surface area contributed by atoms with Gasteiger partial charge in [0.15, 0.2) is 0 Å². The van der Waals surface area contributed by atoms with Gasteiger partial charge in [-0.25, -0.2) is 0 Å². The molecule has 0 aliphatic rings. The largest absolute Gasteiger partial charge is 0.367 e. The summed E-state index contributed by atoms with van der Waals surface area (Å²) in [6, 6.07) is 17.5. The van der Waals surface area contributed by atoms with Crippen LogP contribution in [0, 0.1) is 6.92 Å². The highest BCUT2D eigenvalue weighted by atomic mass is 15.1. The topological polar surface area (TPSA) is 15.3 Å². The molecule has 0 aliphatic heterocycles. The number of aryl methyl sites for hydroxylation is 1. The van der Waals surface area contributed by atoms with Crippen molar-refractivity contribution in [2.45, 2.75) is 33.9 Å². The maximum atomic E-state index is 3.36. The normalized spacial score (nSPS) is 10.6. The minimum Gasteiger partial charge on any atom is -0.367 e. The minimum absolute atomic E-state index is 0.950. The van der Waals surface area contributed by atoms with E-state index in [1.54, 1.807) is 0 Å². The molecule has 0 aromatic heterocycles. The number of anilines is 1. The Hall–Kier alpha value is -1.80. The number of hydrogen-bond donors (Lipinski definition) is 1. The molecule has 21 heavy (non-hydrogen) atoms. The average molecular weight is 282 g/mol. The van der Waals surface area contributed by atoms with E-state index in [1.165, 1.54) is 22.4 Å². The lowest BCUT2D eigenvalue weighted by molar-refractivity contribution is 0.726. The van der Waals surface area contributed by atoms with E-state index in [1.807, 2.05) is 0 Å². The second-order valence-electron chi connectivity index (χ2n) is 5.40. The molecule has 0 heterocycles. The van der Waals surface area contributed by atoms with E-state index in [0.29, 0.717) is 0 Å². The molecule has 0 bridgehead atoms. The number of benzene rings is 2. The number of nitrogens with zero attached hydrogens (tertiary/aromatic N) is 1. The van der Waals surface area contributed by atoms with Crippen LogP contribution in [0.4, 0.5) is 5.69 Å². The van der Waals surface area contributed by atoms with Crippen LogP contribution in [-0.2, 0) is 13.1 Å². The first-order chi connectivity index (χ1) is 10.2. The van der Waals surface area contributed by atoms with Crippen LogP contribution in [0.2, 0.25) is 0 Å². The lowest BCUT2D eigenvalue weighted by Crippen LogP contribution is -2.22.